The summed E-state index contributed by atoms with van der Waals surface area (Å²) in [7, 11) is 0. The number of amides is 2. The highest BCUT2D eigenvalue weighted by Gasteiger charge is 2.05. The Morgan fingerprint density at radius 1 is 1.26 bits per heavy atom. The van der Waals surface area contributed by atoms with Crippen molar-refractivity contribution in [3.05, 3.63) is 53.9 Å². The lowest BCUT2D eigenvalue weighted by atomic mass is 10.2. The molecule has 2 aromatic rings. The average molecular weight is 256 g/mol. The molecule has 0 saturated carbocycles. The smallest absolute Gasteiger partial charge is 0.323 e. The van der Waals surface area contributed by atoms with Crippen molar-refractivity contribution in [3.63, 3.8) is 0 Å². The number of aromatic nitrogens is 1. The zero-order valence-corrected chi connectivity index (χ0v) is 10.7. The number of hydrogen-bond acceptors (Lipinski definition) is 3. The quantitative estimate of drug-likeness (QED) is 0.789. The first-order valence-electron chi connectivity index (χ1n) is 5.97. The normalized spacial score (nSPS) is 10.0. The number of nitrogens with two attached hydrogens (primary N) is 1. The molecule has 0 spiro atoms. The Kier molecular flexibility index (Phi) is 4.10. The summed E-state index contributed by atoms with van der Waals surface area (Å²) in [6.45, 7) is 2.28. The van der Waals surface area contributed by atoms with Crippen LogP contribution in [-0.2, 0) is 6.54 Å². The van der Waals surface area contributed by atoms with Crippen LogP contribution in [0.1, 0.15) is 11.3 Å². The number of hydrogen-bond donors (Lipinski definition) is 3. The van der Waals surface area contributed by atoms with Gasteiger partial charge in [0, 0.05) is 18.4 Å². The third kappa shape index (κ3) is 3.53. The van der Waals surface area contributed by atoms with Crippen molar-refractivity contribution >= 4 is 17.4 Å². The van der Waals surface area contributed by atoms with E-state index in [0.29, 0.717) is 17.9 Å². The maximum absolute atomic E-state index is 11.9. The van der Waals surface area contributed by atoms with Crippen molar-refractivity contribution in [3.8, 4) is 0 Å². The van der Waals surface area contributed by atoms with Crippen LogP contribution >= 0.6 is 0 Å². The van der Waals surface area contributed by atoms with Crippen molar-refractivity contribution < 1.29 is 4.79 Å². The highest BCUT2D eigenvalue weighted by molar-refractivity contribution is 6.00. The fourth-order valence-corrected chi connectivity index (χ4v) is 1.68. The molecule has 0 aliphatic heterocycles. The summed E-state index contributed by atoms with van der Waals surface area (Å²) >= 11 is 0. The summed E-state index contributed by atoms with van der Waals surface area (Å²) in [5, 5.41) is 5.51. The summed E-state index contributed by atoms with van der Waals surface area (Å²) in [6.07, 6.45) is 1.68. The van der Waals surface area contributed by atoms with Crippen molar-refractivity contribution in [2.45, 2.75) is 13.5 Å². The molecule has 0 aliphatic rings. The lowest BCUT2D eigenvalue weighted by molar-refractivity contribution is 0.262. The summed E-state index contributed by atoms with van der Waals surface area (Å²) < 4.78 is 0. The van der Waals surface area contributed by atoms with Gasteiger partial charge in [0.15, 0.2) is 0 Å². The number of nitrogens with one attached hydrogen (secondary N) is 2. The SMILES string of the molecule is Cc1ncccc1NC(=O)Nc1cccc(CN)c1. The molecule has 2 amide bonds. The van der Waals surface area contributed by atoms with E-state index in [1.807, 2.05) is 31.2 Å². The zero-order chi connectivity index (χ0) is 13.7. The summed E-state index contributed by atoms with van der Waals surface area (Å²) in [4.78, 5) is 16.0. The standard InChI is InChI=1S/C14H16N4O/c1-10-13(6-3-7-16-10)18-14(19)17-12-5-2-4-11(8-12)9-15/h2-8H,9,15H2,1H3,(H2,17,18,19). The van der Waals surface area contributed by atoms with Gasteiger partial charge in [-0.15, -0.1) is 0 Å². The van der Waals surface area contributed by atoms with E-state index in [1.165, 1.54) is 0 Å². The molecule has 2 rings (SSSR count). The first-order valence-corrected chi connectivity index (χ1v) is 5.97. The second-order valence-corrected chi connectivity index (χ2v) is 4.12. The highest BCUT2D eigenvalue weighted by atomic mass is 16.2. The molecule has 0 aliphatic carbocycles. The van der Waals surface area contributed by atoms with Crippen LogP contribution < -0.4 is 16.4 Å². The summed E-state index contributed by atoms with van der Waals surface area (Å²) in [6, 6.07) is 10.7. The van der Waals surface area contributed by atoms with Gasteiger partial charge in [-0.1, -0.05) is 12.1 Å². The van der Waals surface area contributed by atoms with Gasteiger partial charge in [0.1, 0.15) is 0 Å². The number of pyridine rings is 1. The van der Waals surface area contributed by atoms with Crippen LogP contribution in [-0.4, -0.2) is 11.0 Å². The van der Waals surface area contributed by atoms with Gasteiger partial charge >= 0.3 is 6.03 Å². The van der Waals surface area contributed by atoms with Gasteiger partial charge in [-0.25, -0.2) is 4.79 Å². The van der Waals surface area contributed by atoms with Crippen molar-refractivity contribution in [1.29, 1.82) is 0 Å². The topological polar surface area (TPSA) is 80.0 Å². The number of carbonyl (C=O) groups is 1. The Morgan fingerprint density at radius 2 is 2.11 bits per heavy atom. The number of nitrogens with zero attached hydrogens (tertiary/aromatic N) is 1. The van der Waals surface area contributed by atoms with E-state index in [4.69, 9.17) is 5.73 Å². The molecule has 0 bridgehead atoms. The maximum atomic E-state index is 11.9. The van der Waals surface area contributed by atoms with Crippen LogP contribution in [0.2, 0.25) is 0 Å². The molecule has 1 aromatic carbocycles. The number of carbonyl (C=O) groups excluding carboxylic acids is 1. The maximum Gasteiger partial charge on any atom is 0.323 e. The van der Waals surface area contributed by atoms with Gasteiger partial charge in [-0.2, -0.15) is 0 Å². The van der Waals surface area contributed by atoms with Gasteiger partial charge in [0.05, 0.1) is 11.4 Å². The minimum absolute atomic E-state index is 0.301. The Bertz CT molecular complexity index is 583. The van der Waals surface area contributed by atoms with Crippen LogP contribution in [0, 0.1) is 6.92 Å². The lowest BCUT2D eigenvalue weighted by Crippen LogP contribution is -2.20. The van der Waals surface area contributed by atoms with Crippen molar-refractivity contribution in [2.24, 2.45) is 5.73 Å². The molecule has 19 heavy (non-hydrogen) atoms. The van der Waals surface area contributed by atoms with Crippen molar-refractivity contribution in [1.82, 2.24) is 4.98 Å². The summed E-state index contributed by atoms with van der Waals surface area (Å²) in [5.74, 6) is 0. The molecule has 0 saturated heterocycles. The summed E-state index contributed by atoms with van der Waals surface area (Å²) in [5.41, 5.74) is 8.70. The van der Waals surface area contributed by atoms with E-state index in [9.17, 15) is 4.79 Å². The predicted octanol–water partition coefficient (Wildman–Crippen LogP) is 2.49. The number of aryl methyl sites for hydroxylation is 1. The number of rotatable bonds is 3. The van der Waals surface area contributed by atoms with E-state index in [-0.39, 0.29) is 6.03 Å². The second kappa shape index (κ2) is 5.97. The second-order valence-electron chi connectivity index (χ2n) is 4.12. The molecule has 4 N–H and O–H groups in total. The molecular weight excluding hydrogens is 240 g/mol. The third-order valence-corrected chi connectivity index (χ3v) is 2.68. The monoisotopic (exact) mass is 256 g/mol. The Hall–Kier alpha value is -2.40. The molecule has 1 aromatic heterocycles. The van der Waals surface area contributed by atoms with Crippen LogP contribution in [0.3, 0.4) is 0 Å². The Labute approximate surface area is 111 Å². The van der Waals surface area contributed by atoms with Crippen LogP contribution in [0.4, 0.5) is 16.2 Å². The largest absolute Gasteiger partial charge is 0.326 e. The van der Waals surface area contributed by atoms with Crippen LogP contribution in [0.25, 0.3) is 0 Å². The minimum Gasteiger partial charge on any atom is -0.326 e. The highest BCUT2D eigenvalue weighted by Crippen LogP contribution is 2.13. The lowest BCUT2D eigenvalue weighted by Gasteiger charge is -2.09. The first kappa shape index (κ1) is 13.0. The molecule has 98 valence electrons. The minimum atomic E-state index is -0.301. The van der Waals surface area contributed by atoms with Gasteiger partial charge in [0.2, 0.25) is 0 Å². The molecule has 0 radical (unpaired) electrons. The molecule has 0 atom stereocenters. The molecule has 5 nitrogen and oxygen atoms in total. The molecule has 0 unspecified atom stereocenters. The number of anilines is 2. The van der Waals surface area contributed by atoms with Crippen molar-refractivity contribution in [2.75, 3.05) is 10.6 Å². The zero-order valence-electron chi connectivity index (χ0n) is 10.7. The van der Waals surface area contributed by atoms with Crippen LogP contribution in [0.5, 0.6) is 0 Å². The van der Waals surface area contributed by atoms with E-state index >= 15 is 0 Å². The van der Waals surface area contributed by atoms with Crippen LogP contribution in [0.15, 0.2) is 42.6 Å². The van der Waals surface area contributed by atoms with E-state index in [2.05, 4.69) is 15.6 Å². The average Bonchev–Trinajstić information content (AvgIpc) is 2.41. The van der Waals surface area contributed by atoms with Gasteiger partial charge in [0.25, 0.3) is 0 Å². The first-order chi connectivity index (χ1) is 9.19. The molecule has 5 heteroatoms. The number of benzene rings is 1. The van der Waals surface area contributed by atoms with Gasteiger partial charge < -0.3 is 16.4 Å². The van der Waals surface area contributed by atoms with E-state index < -0.39 is 0 Å². The van der Waals surface area contributed by atoms with E-state index in [1.54, 1.807) is 18.3 Å². The third-order valence-electron chi connectivity index (χ3n) is 2.68. The molecule has 1 heterocycles. The fraction of sp³-hybridized carbons (Fsp3) is 0.143. The molecule has 0 fully saturated rings. The fourth-order valence-electron chi connectivity index (χ4n) is 1.68. The van der Waals surface area contributed by atoms with Gasteiger partial charge in [-0.3, -0.25) is 4.98 Å². The molecular formula is C14H16N4O. The Balaban J connectivity index is 2.03. The Morgan fingerprint density at radius 3 is 2.84 bits per heavy atom. The van der Waals surface area contributed by atoms with Gasteiger partial charge in [-0.05, 0) is 36.8 Å². The van der Waals surface area contributed by atoms with E-state index in [0.717, 1.165) is 11.3 Å². The number of urea groups is 1. The predicted molar refractivity (Wildman–Crippen MR) is 75.9 cm³/mol.